The number of aliphatic hydroxyl groups is 1. The van der Waals surface area contributed by atoms with Crippen molar-refractivity contribution in [3.8, 4) is 0 Å². The predicted octanol–water partition coefficient (Wildman–Crippen LogP) is -1.03. The summed E-state index contributed by atoms with van der Waals surface area (Å²) in [6, 6.07) is 0. The molecule has 0 saturated carbocycles. The normalized spacial score (nSPS) is 14.1. The molecule has 0 saturated heterocycles. The van der Waals surface area contributed by atoms with E-state index in [-0.39, 0.29) is 6.61 Å². The Balaban J connectivity index is 2.68. The maximum atomic E-state index is 8.20. The molecule has 0 aliphatic rings. The van der Waals surface area contributed by atoms with Gasteiger partial charge in [0.2, 0.25) is 0 Å². The van der Waals surface area contributed by atoms with E-state index in [0.29, 0.717) is 11.5 Å². The summed E-state index contributed by atoms with van der Waals surface area (Å²) in [5.74, 6) is 0. The molecule has 2 atom stereocenters. The van der Waals surface area contributed by atoms with Crippen molar-refractivity contribution in [2.45, 2.75) is 11.8 Å². The number of aliphatic hydroxyl groups excluding tert-OH is 1. The molecule has 3 heteroatoms. The van der Waals surface area contributed by atoms with Crippen molar-refractivity contribution in [2.75, 3.05) is 13.2 Å². The molecule has 0 rings (SSSR count). The van der Waals surface area contributed by atoms with E-state index < -0.39 is 0 Å². The van der Waals surface area contributed by atoms with E-state index >= 15 is 0 Å². The standard InChI is InChI=1S/C4H11AsO2/c1-4(5)7-3-2-6/h4,6H,2-3,5H2,1H3. The first kappa shape index (κ1) is 7.48. The van der Waals surface area contributed by atoms with E-state index in [1.165, 1.54) is 16.9 Å². The molecule has 0 aromatic rings. The van der Waals surface area contributed by atoms with Gasteiger partial charge in [-0.05, 0) is 0 Å². The molecule has 0 amide bonds. The maximum absolute atomic E-state index is 8.20. The van der Waals surface area contributed by atoms with Gasteiger partial charge in [-0.15, -0.1) is 0 Å². The summed E-state index contributed by atoms with van der Waals surface area (Å²) in [4.78, 5) is 0.305. The summed E-state index contributed by atoms with van der Waals surface area (Å²) in [6.45, 7) is 2.57. The third kappa shape index (κ3) is 6.48. The van der Waals surface area contributed by atoms with Gasteiger partial charge in [0.15, 0.2) is 0 Å². The zero-order valence-electron chi connectivity index (χ0n) is 4.42. The zero-order valence-corrected chi connectivity index (χ0v) is 6.85. The van der Waals surface area contributed by atoms with Crippen molar-refractivity contribution in [3.05, 3.63) is 0 Å². The van der Waals surface area contributed by atoms with Gasteiger partial charge in [0.1, 0.15) is 0 Å². The fourth-order valence-corrected chi connectivity index (χ4v) is 0.524. The Morgan fingerprint density at radius 1 is 1.86 bits per heavy atom. The number of ether oxygens (including phenoxy) is 1. The second kappa shape index (κ2) is 4.63. The van der Waals surface area contributed by atoms with E-state index in [0.717, 1.165) is 0 Å². The molecule has 0 aromatic carbocycles. The van der Waals surface area contributed by atoms with Crippen LogP contribution in [0, 0.1) is 0 Å². The van der Waals surface area contributed by atoms with Crippen LogP contribution >= 0.6 is 0 Å². The Morgan fingerprint density at radius 3 is 2.57 bits per heavy atom. The van der Waals surface area contributed by atoms with Gasteiger partial charge in [-0.1, -0.05) is 0 Å². The summed E-state index contributed by atoms with van der Waals surface area (Å²) in [5, 5.41) is 8.20. The topological polar surface area (TPSA) is 29.5 Å². The van der Waals surface area contributed by atoms with Crippen LogP contribution in [0.25, 0.3) is 0 Å². The third-order valence-corrected chi connectivity index (χ3v) is 0.876. The molecule has 2 nitrogen and oxygen atoms in total. The van der Waals surface area contributed by atoms with Crippen molar-refractivity contribution in [3.63, 3.8) is 0 Å². The molecule has 0 aliphatic heterocycles. The van der Waals surface area contributed by atoms with Gasteiger partial charge in [0, 0.05) is 0 Å². The first-order valence-corrected chi connectivity index (χ1v) is 3.65. The van der Waals surface area contributed by atoms with Crippen LogP contribution in [-0.2, 0) is 4.74 Å². The molecule has 0 radical (unpaired) electrons. The molecule has 0 heterocycles. The number of hydrogen-bond donors (Lipinski definition) is 1. The minimum absolute atomic E-state index is 0.133. The van der Waals surface area contributed by atoms with Crippen LogP contribution in [0.2, 0.25) is 0 Å². The Kier molecular flexibility index (Phi) is 4.95. The molecular weight excluding hydrogens is 155 g/mol. The minimum atomic E-state index is 0.133. The molecule has 0 spiro atoms. The van der Waals surface area contributed by atoms with E-state index in [4.69, 9.17) is 9.84 Å². The quantitative estimate of drug-likeness (QED) is 0.543. The van der Waals surface area contributed by atoms with Crippen molar-refractivity contribution in [1.82, 2.24) is 0 Å². The number of rotatable bonds is 3. The Morgan fingerprint density at radius 2 is 2.43 bits per heavy atom. The summed E-state index contributed by atoms with van der Waals surface area (Å²) in [5.41, 5.74) is 0. The predicted molar refractivity (Wildman–Crippen MR) is 31.0 cm³/mol. The molecule has 0 fully saturated rings. The van der Waals surface area contributed by atoms with Crippen LogP contribution in [0.3, 0.4) is 0 Å². The summed E-state index contributed by atoms with van der Waals surface area (Å²) in [6.07, 6.45) is 0. The van der Waals surface area contributed by atoms with Crippen LogP contribution < -0.4 is 0 Å². The molecular formula is C4H11AsO2. The van der Waals surface area contributed by atoms with Gasteiger partial charge >= 0.3 is 51.7 Å². The Hall–Kier alpha value is 0.478. The van der Waals surface area contributed by atoms with E-state index in [2.05, 4.69) is 0 Å². The van der Waals surface area contributed by atoms with Crippen LogP contribution in [0.1, 0.15) is 6.92 Å². The average Bonchev–Trinajstić information content (AvgIpc) is 1.61. The second-order valence-corrected chi connectivity index (χ2v) is 3.27. The van der Waals surface area contributed by atoms with Crippen LogP contribution in [0.5, 0.6) is 0 Å². The van der Waals surface area contributed by atoms with E-state index in [1.54, 1.807) is 0 Å². The Bertz CT molecular complexity index is 38.7. The summed E-state index contributed by atoms with van der Waals surface area (Å²) < 4.78 is 4.97. The first-order chi connectivity index (χ1) is 3.27. The summed E-state index contributed by atoms with van der Waals surface area (Å²) in [7, 11) is 0. The van der Waals surface area contributed by atoms with Gasteiger partial charge < -0.3 is 0 Å². The fraction of sp³-hybridized carbons (Fsp3) is 1.00. The van der Waals surface area contributed by atoms with Gasteiger partial charge in [0.05, 0.1) is 0 Å². The van der Waals surface area contributed by atoms with Crippen LogP contribution in [0.15, 0.2) is 0 Å². The first-order valence-electron chi connectivity index (χ1n) is 2.25. The van der Waals surface area contributed by atoms with Crippen molar-refractivity contribution < 1.29 is 9.84 Å². The SMILES string of the molecule is CC([AsH2])OCCO. The monoisotopic (exact) mass is 166 g/mol. The van der Waals surface area contributed by atoms with Gasteiger partial charge in [-0.2, -0.15) is 0 Å². The van der Waals surface area contributed by atoms with Crippen molar-refractivity contribution in [2.24, 2.45) is 0 Å². The van der Waals surface area contributed by atoms with E-state index in [9.17, 15) is 0 Å². The molecule has 1 N–H and O–H groups in total. The van der Waals surface area contributed by atoms with Crippen molar-refractivity contribution >= 4 is 16.9 Å². The van der Waals surface area contributed by atoms with E-state index in [1.807, 2.05) is 6.92 Å². The molecule has 2 unspecified atom stereocenters. The van der Waals surface area contributed by atoms with Crippen LogP contribution in [0.4, 0.5) is 0 Å². The van der Waals surface area contributed by atoms with Gasteiger partial charge in [-0.3, -0.25) is 0 Å². The van der Waals surface area contributed by atoms with Gasteiger partial charge in [-0.25, -0.2) is 0 Å². The zero-order chi connectivity index (χ0) is 5.70. The van der Waals surface area contributed by atoms with Crippen LogP contribution in [-0.4, -0.2) is 40.1 Å². The molecule has 0 aromatic heterocycles. The molecule has 0 aliphatic carbocycles. The molecule has 7 heavy (non-hydrogen) atoms. The molecule has 44 valence electrons. The summed E-state index contributed by atoms with van der Waals surface area (Å²) >= 11 is 1.54. The second-order valence-electron chi connectivity index (χ2n) is 1.30. The fourth-order valence-electron chi connectivity index (χ4n) is 0.239. The molecule has 0 bridgehead atoms. The number of hydrogen-bond acceptors (Lipinski definition) is 2. The average molecular weight is 166 g/mol. The van der Waals surface area contributed by atoms with Crippen molar-refractivity contribution in [1.29, 1.82) is 0 Å². The Labute approximate surface area is 52.4 Å². The third-order valence-electron chi connectivity index (χ3n) is 0.472. The van der Waals surface area contributed by atoms with Gasteiger partial charge in [0.25, 0.3) is 0 Å².